The van der Waals surface area contributed by atoms with Gasteiger partial charge in [-0.15, -0.1) is 0 Å². The van der Waals surface area contributed by atoms with E-state index in [2.05, 4.69) is 15.1 Å². The first kappa shape index (κ1) is 20.3. The van der Waals surface area contributed by atoms with Gasteiger partial charge in [0, 0.05) is 11.8 Å². The molecule has 4 fully saturated rings. The van der Waals surface area contributed by atoms with E-state index in [0.717, 1.165) is 23.9 Å². The maximum atomic E-state index is 13.8. The van der Waals surface area contributed by atoms with Crippen molar-refractivity contribution < 1.29 is 18.0 Å². The first-order chi connectivity index (χ1) is 14.5. The smallest absolute Gasteiger partial charge is 0.383 e. The van der Waals surface area contributed by atoms with Crippen LogP contribution in [-0.4, -0.2) is 25.7 Å². The van der Waals surface area contributed by atoms with E-state index in [1.807, 2.05) is 0 Å². The molecule has 2 aromatic heterocycles. The van der Waals surface area contributed by atoms with Gasteiger partial charge in [0.05, 0.1) is 11.3 Å². The number of aryl methyl sites for hydroxylation is 1. The van der Waals surface area contributed by atoms with Gasteiger partial charge >= 0.3 is 6.18 Å². The van der Waals surface area contributed by atoms with Gasteiger partial charge in [0.2, 0.25) is 0 Å². The Kier molecular flexibility index (Phi) is 4.36. The summed E-state index contributed by atoms with van der Waals surface area (Å²) in [6.45, 7) is 1.70. The fourth-order valence-corrected chi connectivity index (χ4v) is 6.65. The molecule has 4 N–H and O–H groups in total. The summed E-state index contributed by atoms with van der Waals surface area (Å²) in [6.07, 6.45) is 3.38. The summed E-state index contributed by atoms with van der Waals surface area (Å²) < 4.78 is 42.5. The van der Waals surface area contributed by atoms with Crippen LogP contribution in [0.15, 0.2) is 6.20 Å². The van der Waals surface area contributed by atoms with Crippen molar-refractivity contribution in [3.05, 3.63) is 28.7 Å². The van der Waals surface area contributed by atoms with E-state index >= 15 is 0 Å². The number of nitrogen functional groups attached to an aromatic ring is 1. The predicted octanol–water partition coefficient (Wildman–Crippen LogP) is 3.43. The van der Waals surface area contributed by atoms with E-state index in [9.17, 15) is 18.0 Å². The Hall–Kier alpha value is -2.65. The third-order valence-corrected chi connectivity index (χ3v) is 7.39. The number of rotatable bonds is 4. The molecule has 0 radical (unpaired) electrons. The summed E-state index contributed by atoms with van der Waals surface area (Å²) in [5.74, 6) is 0.740. The van der Waals surface area contributed by atoms with Gasteiger partial charge in [-0.25, -0.2) is 9.67 Å². The second-order valence-electron chi connectivity index (χ2n) is 9.78. The molecule has 6 rings (SSSR count). The molecule has 2 heterocycles. The van der Waals surface area contributed by atoms with Crippen LogP contribution in [0.25, 0.3) is 5.95 Å². The Morgan fingerprint density at radius 1 is 1.19 bits per heavy atom. The van der Waals surface area contributed by atoms with Crippen molar-refractivity contribution >= 4 is 11.7 Å². The number of hydrogen-bond acceptors (Lipinski definition) is 5. The maximum absolute atomic E-state index is 13.8. The van der Waals surface area contributed by atoms with Crippen LogP contribution in [-0.2, 0) is 12.6 Å². The van der Waals surface area contributed by atoms with Gasteiger partial charge in [0.15, 0.2) is 5.69 Å². The van der Waals surface area contributed by atoms with Crippen molar-refractivity contribution in [3.63, 3.8) is 0 Å². The van der Waals surface area contributed by atoms with Crippen LogP contribution < -0.4 is 11.5 Å². The number of halogens is 3. The standard InChI is InChI=1S/C21H25F3N6O/c1-10-9-27-19(28-17(10)25)30-14(15(18(26)31)16(29-30)21(22,23)24)8-20-5-11-2-12(6-20)4-13(3-11)7-20/h9,11-13H,2-8H2,1H3,(H2,26,31)(H2,25,27,28). The quantitative estimate of drug-likeness (QED) is 0.766. The SMILES string of the molecule is Cc1cnc(-n2nc(C(F)(F)F)c(C(N)=O)c2CC23CC4CC(CC(C4)C2)C3)nc1N. The summed E-state index contributed by atoms with van der Waals surface area (Å²) in [4.78, 5) is 20.5. The maximum Gasteiger partial charge on any atom is 0.436 e. The lowest BCUT2D eigenvalue weighted by atomic mass is 9.48. The van der Waals surface area contributed by atoms with E-state index in [-0.39, 0.29) is 22.9 Å². The molecule has 4 aliphatic carbocycles. The second-order valence-corrected chi connectivity index (χ2v) is 9.78. The van der Waals surface area contributed by atoms with Crippen molar-refractivity contribution in [2.24, 2.45) is 28.9 Å². The highest BCUT2D eigenvalue weighted by molar-refractivity contribution is 5.95. The first-order valence-electron chi connectivity index (χ1n) is 10.6. The number of nitrogens with two attached hydrogens (primary N) is 2. The molecule has 2 aromatic rings. The number of hydrogen-bond donors (Lipinski definition) is 2. The third kappa shape index (κ3) is 3.36. The van der Waals surface area contributed by atoms with Gasteiger partial charge in [-0.1, -0.05) is 0 Å². The first-order valence-corrected chi connectivity index (χ1v) is 10.6. The highest BCUT2D eigenvalue weighted by Crippen LogP contribution is 2.61. The average Bonchev–Trinajstić information content (AvgIpc) is 3.02. The topological polar surface area (TPSA) is 113 Å². The molecular weight excluding hydrogens is 409 g/mol. The fourth-order valence-electron chi connectivity index (χ4n) is 6.65. The molecule has 166 valence electrons. The normalized spacial score (nSPS) is 29.5. The van der Waals surface area contributed by atoms with Gasteiger partial charge in [-0.3, -0.25) is 4.79 Å². The zero-order chi connectivity index (χ0) is 22.1. The van der Waals surface area contributed by atoms with Gasteiger partial charge in [0.1, 0.15) is 5.82 Å². The molecule has 31 heavy (non-hydrogen) atoms. The molecule has 1 amide bonds. The number of alkyl halides is 3. The van der Waals surface area contributed by atoms with E-state index in [4.69, 9.17) is 11.5 Å². The minimum Gasteiger partial charge on any atom is -0.383 e. The van der Waals surface area contributed by atoms with E-state index in [0.29, 0.717) is 29.7 Å². The van der Waals surface area contributed by atoms with Crippen LogP contribution in [0.1, 0.15) is 65.8 Å². The molecule has 0 spiro atoms. The minimum absolute atomic E-state index is 0.0826. The zero-order valence-electron chi connectivity index (χ0n) is 17.2. The number of aromatic nitrogens is 4. The highest BCUT2D eigenvalue weighted by atomic mass is 19.4. The van der Waals surface area contributed by atoms with Crippen LogP contribution in [0.5, 0.6) is 0 Å². The summed E-state index contributed by atoms with van der Waals surface area (Å²) >= 11 is 0. The Morgan fingerprint density at radius 3 is 2.26 bits per heavy atom. The van der Waals surface area contributed by atoms with Crippen LogP contribution >= 0.6 is 0 Å². The number of amides is 1. The number of carbonyl (C=O) groups is 1. The molecule has 10 heteroatoms. The fraction of sp³-hybridized carbons (Fsp3) is 0.619. The number of primary amides is 1. The second kappa shape index (κ2) is 6.67. The summed E-state index contributed by atoms with van der Waals surface area (Å²) in [7, 11) is 0. The highest BCUT2D eigenvalue weighted by Gasteiger charge is 2.52. The van der Waals surface area contributed by atoms with Gasteiger partial charge in [-0.2, -0.15) is 23.3 Å². The lowest BCUT2D eigenvalue weighted by molar-refractivity contribution is -0.141. The van der Waals surface area contributed by atoms with Crippen molar-refractivity contribution in [2.75, 3.05) is 5.73 Å². The van der Waals surface area contributed by atoms with Crippen molar-refractivity contribution in [1.29, 1.82) is 0 Å². The zero-order valence-corrected chi connectivity index (χ0v) is 17.2. The Labute approximate surface area is 177 Å². The molecule has 0 atom stereocenters. The third-order valence-electron chi connectivity index (χ3n) is 7.39. The van der Waals surface area contributed by atoms with E-state index < -0.39 is 23.3 Å². The molecule has 0 aromatic carbocycles. The van der Waals surface area contributed by atoms with Crippen LogP contribution in [0.3, 0.4) is 0 Å². The number of carbonyl (C=O) groups excluding carboxylic acids is 1. The van der Waals surface area contributed by atoms with Crippen LogP contribution in [0.4, 0.5) is 19.0 Å². The molecular formula is C21H25F3N6O. The van der Waals surface area contributed by atoms with E-state index in [1.165, 1.54) is 25.5 Å². The summed E-state index contributed by atoms with van der Waals surface area (Å²) in [5, 5.41) is 3.75. The Bertz CT molecular complexity index is 1020. The Morgan fingerprint density at radius 2 is 1.77 bits per heavy atom. The predicted molar refractivity (Wildman–Crippen MR) is 106 cm³/mol. The largest absolute Gasteiger partial charge is 0.436 e. The monoisotopic (exact) mass is 434 g/mol. The van der Waals surface area contributed by atoms with Crippen molar-refractivity contribution in [3.8, 4) is 5.95 Å². The van der Waals surface area contributed by atoms with E-state index in [1.54, 1.807) is 6.92 Å². The number of nitrogens with zero attached hydrogens (tertiary/aromatic N) is 4. The summed E-state index contributed by atoms with van der Waals surface area (Å²) in [5.41, 5.74) is 10.1. The van der Waals surface area contributed by atoms with Crippen molar-refractivity contribution in [1.82, 2.24) is 19.7 Å². The van der Waals surface area contributed by atoms with Gasteiger partial charge in [0.25, 0.3) is 11.9 Å². The molecule has 4 saturated carbocycles. The molecule has 0 unspecified atom stereocenters. The summed E-state index contributed by atoms with van der Waals surface area (Å²) in [6, 6.07) is 0. The molecule has 4 bridgehead atoms. The Balaban J connectivity index is 1.66. The van der Waals surface area contributed by atoms with Crippen LogP contribution in [0.2, 0.25) is 0 Å². The average molecular weight is 434 g/mol. The number of anilines is 1. The molecule has 0 aliphatic heterocycles. The minimum atomic E-state index is -4.83. The van der Waals surface area contributed by atoms with Gasteiger partial charge in [-0.05, 0) is 75.0 Å². The van der Waals surface area contributed by atoms with Gasteiger partial charge < -0.3 is 11.5 Å². The van der Waals surface area contributed by atoms with Crippen molar-refractivity contribution in [2.45, 2.75) is 58.0 Å². The lowest BCUT2D eigenvalue weighted by Crippen LogP contribution is -2.47. The molecule has 0 saturated heterocycles. The lowest BCUT2D eigenvalue weighted by Gasteiger charge is -2.57. The molecule has 4 aliphatic rings. The molecule has 7 nitrogen and oxygen atoms in total. The van der Waals surface area contributed by atoms with Crippen LogP contribution in [0, 0.1) is 30.1 Å².